The highest BCUT2D eigenvalue weighted by Crippen LogP contribution is 1.79. The Bertz CT molecular complexity index is 191. The van der Waals surface area contributed by atoms with Gasteiger partial charge in [-0.05, 0) is 13.8 Å². The maximum atomic E-state index is 11.0. The van der Waals surface area contributed by atoms with Gasteiger partial charge in [0, 0.05) is 19.0 Å². The molecule has 0 saturated heterocycles. The molecule has 0 aliphatic rings. The van der Waals surface area contributed by atoms with Crippen LogP contribution in [0.15, 0.2) is 5.16 Å². The fourth-order valence-corrected chi connectivity index (χ4v) is 0.667. The number of carbonyl (C=O) groups excluding carboxylic acids is 1. The Kier molecular flexibility index (Phi) is 5.42. The van der Waals surface area contributed by atoms with Gasteiger partial charge in [0.15, 0.2) is 0 Å². The molecule has 0 aliphatic carbocycles. The Morgan fingerprint density at radius 2 is 2.23 bits per heavy atom. The zero-order chi connectivity index (χ0) is 10.3. The summed E-state index contributed by atoms with van der Waals surface area (Å²) in [5, 5.41) is 16.1. The SMILES string of the molecule is CC(C)NC(=O)NCCC(N)=NO. The standard InChI is InChI=1S/C7H16N4O2/c1-5(2)10-7(12)9-4-3-6(8)11-13/h5,13H,3-4H2,1-2H3,(H2,8,11)(H2,9,10,12). The van der Waals surface area contributed by atoms with Crippen molar-refractivity contribution in [2.24, 2.45) is 10.9 Å². The molecule has 2 amide bonds. The Balaban J connectivity index is 3.48. The van der Waals surface area contributed by atoms with E-state index in [9.17, 15) is 4.79 Å². The second-order valence-corrected chi connectivity index (χ2v) is 2.90. The summed E-state index contributed by atoms with van der Waals surface area (Å²) in [6.07, 6.45) is 0.335. The number of nitrogens with two attached hydrogens (primary N) is 1. The van der Waals surface area contributed by atoms with Crippen molar-refractivity contribution in [1.29, 1.82) is 0 Å². The highest BCUT2D eigenvalue weighted by atomic mass is 16.4. The lowest BCUT2D eigenvalue weighted by Crippen LogP contribution is -2.40. The summed E-state index contributed by atoms with van der Waals surface area (Å²) in [5.74, 6) is 0.102. The van der Waals surface area contributed by atoms with E-state index in [-0.39, 0.29) is 17.9 Å². The number of amidine groups is 1. The number of carbonyl (C=O) groups is 1. The van der Waals surface area contributed by atoms with Gasteiger partial charge in [-0.3, -0.25) is 0 Å². The van der Waals surface area contributed by atoms with E-state index < -0.39 is 0 Å². The fourth-order valence-electron chi connectivity index (χ4n) is 0.667. The van der Waals surface area contributed by atoms with Crippen molar-refractivity contribution in [3.05, 3.63) is 0 Å². The van der Waals surface area contributed by atoms with Gasteiger partial charge in [-0.2, -0.15) is 0 Å². The summed E-state index contributed by atoms with van der Waals surface area (Å²) in [6, 6.07) is -0.149. The van der Waals surface area contributed by atoms with Crippen molar-refractivity contribution in [3.8, 4) is 0 Å². The minimum absolute atomic E-state index is 0.101. The highest BCUT2D eigenvalue weighted by Gasteiger charge is 2.01. The zero-order valence-corrected chi connectivity index (χ0v) is 7.87. The second-order valence-electron chi connectivity index (χ2n) is 2.90. The summed E-state index contributed by atoms with van der Waals surface area (Å²) in [5.41, 5.74) is 5.19. The molecule has 76 valence electrons. The van der Waals surface area contributed by atoms with E-state index in [2.05, 4.69) is 15.8 Å². The van der Waals surface area contributed by atoms with Crippen molar-refractivity contribution in [2.75, 3.05) is 6.54 Å². The van der Waals surface area contributed by atoms with E-state index in [4.69, 9.17) is 10.9 Å². The normalized spacial score (nSPS) is 11.5. The van der Waals surface area contributed by atoms with Crippen molar-refractivity contribution in [1.82, 2.24) is 10.6 Å². The Labute approximate surface area is 77.2 Å². The van der Waals surface area contributed by atoms with E-state index in [0.29, 0.717) is 13.0 Å². The van der Waals surface area contributed by atoms with Crippen LogP contribution in [0.2, 0.25) is 0 Å². The molecule has 0 aromatic carbocycles. The van der Waals surface area contributed by atoms with Gasteiger partial charge >= 0.3 is 6.03 Å². The van der Waals surface area contributed by atoms with Gasteiger partial charge in [0.2, 0.25) is 0 Å². The minimum Gasteiger partial charge on any atom is -0.409 e. The van der Waals surface area contributed by atoms with Crippen LogP contribution in [0.1, 0.15) is 20.3 Å². The van der Waals surface area contributed by atoms with E-state index in [1.54, 1.807) is 0 Å². The number of hydrogen-bond donors (Lipinski definition) is 4. The third-order valence-corrected chi connectivity index (χ3v) is 1.21. The van der Waals surface area contributed by atoms with Crippen LogP contribution in [-0.2, 0) is 0 Å². The first-order chi connectivity index (χ1) is 6.06. The van der Waals surface area contributed by atoms with Gasteiger partial charge in [-0.1, -0.05) is 5.16 Å². The maximum Gasteiger partial charge on any atom is 0.314 e. The molecule has 0 saturated carbocycles. The van der Waals surface area contributed by atoms with E-state index in [1.807, 2.05) is 13.8 Å². The number of urea groups is 1. The first-order valence-corrected chi connectivity index (χ1v) is 4.07. The van der Waals surface area contributed by atoms with Gasteiger partial charge in [-0.15, -0.1) is 0 Å². The first kappa shape index (κ1) is 11.5. The van der Waals surface area contributed by atoms with Crippen molar-refractivity contribution >= 4 is 11.9 Å². The molecule has 0 atom stereocenters. The van der Waals surface area contributed by atoms with Gasteiger partial charge in [0.05, 0.1) is 0 Å². The summed E-state index contributed by atoms with van der Waals surface area (Å²) in [4.78, 5) is 11.0. The summed E-state index contributed by atoms with van der Waals surface area (Å²) in [7, 11) is 0. The van der Waals surface area contributed by atoms with E-state index >= 15 is 0 Å². The molecule has 0 fully saturated rings. The number of nitrogens with zero attached hydrogens (tertiary/aromatic N) is 1. The molecular weight excluding hydrogens is 172 g/mol. The molecule has 0 aromatic rings. The number of hydrogen-bond acceptors (Lipinski definition) is 3. The highest BCUT2D eigenvalue weighted by molar-refractivity contribution is 5.80. The molecule has 0 aromatic heterocycles. The third-order valence-electron chi connectivity index (χ3n) is 1.21. The molecule has 0 aliphatic heterocycles. The van der Waals surface area contributed by atoms with Crippen LogP contribution in [-0.4, -0.2) is 29.7 Å². The predicted molar refractivity (Wildman–Crippen MR) is 49.7 cm³/mol. The predicted octanol–water partition coefficient (Wildman–Crippen LogP) is -0.169. The lowest BCUT2D eigenvalue weighted by Gasteiger charge is -2.09. The average Bonchev–Trinajstić information content (AvgIpc) is 2.02. The van der Waals surface area contributed by atoms with Crippen LogP contribution in [0.5, 0.6) is 0 Å². The summed E-state index contributed by atoms with van der Waals surface area (Å²) < 4.78 is 0. The average molecular weight is 188 g/mol. The molecular formula is C7H16N4O2. The van der Waals surface area contributed by atoms with Crippen molar-refractivity contribution < 1.29 is 10.0 Å². The molecule has 6 heteroatoms. The molecule has 0 spiro atoms. The smallest absolute Gasteiger partial charge is 0.314 e. The fraction of sp³-hybridized carbons (Fsp3) is 0.714. The number of rotatable bonds is 4. The first-order valence-electron chi connectivity index (χ1n) is 4.07. The van der Waals surface area contributed by atoms with Gasteiger partial charge in [0.1, 0.15) is 5.84 Å². The summed E-state index contributed by atoms with van der Waals surface area (Å²) in [6.45, 7) is 4.08. The molecule has 0 unspecified atom stereocenters. The van der Waals surface area contributed by atoms with Crippen LogP contribution >= 0.6 is 0 Å². The lowest BCUT2D eigenvalue weighted by atomic mass is 10.4. The van der Waals surface area contributed by atoms with Crippen molar-refractivity contribution in [2.45, 2.75) is 26.3 Å². The molecule has 13 heavy (non-hydrogen) atoms. The molecule has 0 radical (unpaired) electrons. The van der Waals surface area contributed by atoms with Crippen LogP contribution < -0.4 is 16.4 Å². The largest absolute Gasteiger partial charge is 0.409 e. The zero-order valence-electron chi connectivity index (χ0n) is 7.87. The molecule has 0 rings (SSSR count). The number of amides is 2. The molecule has 6 nitrogen and oxygen atoms in total. The number of nitrogens with one attached hydrogen (secondary N) is 2. The van der Waals surface area contributed by atoms with Crippen LogP contribution in [0.4, 0.5) is 4.79 Å². The second kappa shape index (κ2) is 6.10. The lowest BCUT2D eigenvalue weighted by molar-refractivity contribution is 0.239. The van der Waals surface area contributed by atoms with Crippen LogP contribution in [0.3, 0.4) is 0 Å². The van der Waals surface area contributed by atoms with Gasteiger partial charge in [-0.25, -0.2) is 4.79 Å². The van der Waals surface area contributed by atoms with Gasteiger partial charge in [0.25, 0.3) is 0 Å². The number of oxime groups is 1. The quantitative estimate of drug-likeness (QED) is 0.213. The van der Waals surface area contributed by atoms with Crippen LogP contribution in [0.25, 0.3) is 0 Å². The monoisotopic (exact) mass is 188 g/mol. The molecule has 5 N–H and O–H groups in total. The van der Waals surface area contributed by atoms with E-state index in [1.165, 1.54) is 0 Å². The summed E-state index contributed by atoms with van der Waals surface area (Å²) >= 11 is 0. The molecule has 0 bridgehead atoms. The topological polar surface area (TPSA) is 99.7 Å². The van der Waals surface area contributed by atoms with Crippen molar-refractivity contribution in [3.63, 3.8) is 0 Å². The Morgan fingerprint density at radius 3 is 2.69 bits per heavy atom. The Hall–Kier alpha value is -1.46. The maximum absolute atomic E-state index is 11.0. The minimum atomic E-state index is -0.249. The third kappa shape index (κ3) is 6.92. The Morgan fingerprint density at radius 1 is 1.62 bits per heavy atom. The van der Waals surface area contributed by atoms with Gasteiger partial charge < -0.3 is 21.6 Å². The van der Waals surface area contributed by atoms with Crippen LogP contribution in [0, 0.1) is 0 Å². The van der Waals surface area contributed by atoms with E-state index in [0.717, 1.165) is 0 Å². The molecule has 0 heterocycles.